The van der Waals surface area contributed by atoms with Crippen LogP contribution < -0.4 is 10.1 Å². The lowest BCUT2D eigenvalue weighted by molar-refractivity contribution is -0.167. The predicted octanol–water partition coefficient (Wildman–Crippen LogP) is 6.22. The molecule has 2 N–H and O–H groups in total. The van der Waals surface area contributed by atoms with Gasteiger partial charge in [0.25, 0.3) is 5.91 Å². The Balaban J connectivity index is 1.55. The molecule has 4 aromatic rings. The molecule has 0 saturated heterocycles. The minimum Gasteiger partial charge on any atom is -0.480 e. The number of alkyl halides is 3. The highest BCUT2D eigenvalue weighted by Gasteiger charge is 2.51. The van der Waals surface area contributed by atoms with Crippen LogP contribution in [0.5, 0.6) is 5.75 Å². The zero-order valence-corrected chi connectivity index (χ0v) is 26.2. The van der Waals surface area contributed by atoms with Gasteiger partial charge in [-0.1, -0.05) is 66.7 Å². The van der Waals surface area contributed by atoms with Crippen LogP contribution in [0.2, 0.25) is 0 Å². The topological polar surface area (TPSA) is 145 Å². The molecule has 1 amide bonds. The molecule has 0 aliphatic rings. The van der Waals surface area contributed by atoms with Gasteiger partial charge in [-0.3, -0.25) is 24.0 Å². The number of ether oxygens (including phenoxy) is 3. The molecule has 0 aliphatic carbocycles. The van der Waals surface area contributed by atoms with E-state index in [1.807, 2.05) is 0 Å². The number of nitrogens with one attached hydrogen (secondary N) is 1. The van der Waals surface area contributed by atoms with E-state index in [0.717, 1.165) is 19.1 Å². The number of carboxylic acid groups (broad SMARTS) is 1. The maximum absolute atomic E-state index is 13.4. The summed E-state index contributed by atoms with van der Waals surface area (Å²) >= 11 is 0. The quantitative estimate of drug-likeness (QED) is 0.101. The van der Waals surface area contributed by atoms with Gasteiger partial charge >= 0.3 is 30.1 Å². The Labute approximate surface area is 278 Å². The van der Waals surface area contributed by atoms with Gasteiger partial charge in [-0.2, -0.15) is 13.2 Å². The monoisotopic (exact) mass is 677 g/mol. The molecule has 13 heteroatoms. The predicted molar refractivity (Wildman–Crippen MR) is 170 cm³/mol. The van der Waals surface area contributed by atoms with Crippen molar-refractivity contribution in [2.45, 2.75) is 31.9 Å². The van der Waals surface area contributed by atoms with Gasteiger partial charge < -0.3 is 24.6 Å². The van der Waals surface area contributed by atoms with Crippen LogP contribution >= 0.6 is 0 Å². The van der Waals surface area contributed by atoms with Crippen LogP contribution in [0, 0.1) is 0 Å². The van der Waals surface area contributed by atoms with Crippen molar-refractivity contribution in [2.24, 2.45) is 0 Å². The molecular weight excluding hydrogens is 647 g/mol. The van der Waals surface area contributed by atoms with Crippen LogP contribution in [-0.2, 0) is 46.7 Å². The number of halogens is 3. The zero-order chi connectivity index (χ0) is 35.8. The smallest absolute Gasteiger partial charge is 0.416 e. The molecule has 0 bridgehead atoms. The van der Waals surface area contributed by atoms with Crippen LogP contribution in [0.25, 0.3) is 11.1 Å². The Hall–Kier alpha value is -5.98. The Morgan fingerprint density at radius 1 is 0.796 bits per heavy atom. The molecule has 4 rings (SSSR count). The van der Waals surface area contributed by atoms with Crippen LogP contribution in [0.1, 0.15) is 40.9 Å². The number of aliphatic carboxylic acids is 1. The van der Waals surface area contributed by atoms with Crippen LogP contribution in [0.4, 0.5) is 18.9 Å². The number of esters is 3. The largest absolute Gasteiger partial charge is 0.480 e. The number of carbonyl (C=O) groups is 5. The fraction of sp³-hybridized carbons (Fsp3) is 0.194. The lowest BCUT2D eigenvalue weighted by atomic mass is 9.81. The molecule has 0 spiro atoms. The number of hydrogen-bond acceptors (Lipinski definition) is 8. The van der Waals surface area contributed by atoms with Gasteiger partial charge in [0.05, 0.1) is 24.3 Å². The maximum Gasteiger partial charge on any atom is 0.416 e. The third-order valence-electron chi connectivity index (χ3n) is 7.30. The van der Waals surface area contributed by atoms with Gasteiger partial charge in [-0.15, -0.1) is 0 Å². The summed E-state index contributed by atoms with van der Waals surface area (Å²) in [6, 6.07) is 22.1. The van der Waals surface area contributed by atoms with Crippen LogP contribution in [0.15, 0.2) is 97.1 Å². The molecule has 0 fully saturated rings. The Kier molecular flexibility index (Phi) is 11.2. The van der Waals surface area contributed by atoms with E-state index in [2.05, 4.69) is 5.32 Å². The van der Waals surface area contributed by atoms with Crippen molar-refractivity contribution >= 4 is 35.5 Å². The highest BCUT2D eigenvalue weighted by molar-refractivity contribution is 6.09. The van der Waals surface area contributed by atoms with E-state index in [-0.39, 0.29) is 34.7 Å². The minimum atomic E-state index is -4.53. The summed E-state index contributed by atoms with van der Waals surface area (Å²) in [7, 11) is 0. The molecule has 0 radical (unpaired) electrons. The Bertz CT molecular complexity index is 1860. The zero-order valence-electron chi connectivity index (χ0n) is 26.2. The maximum atomic E-state index is 13.4. The normalized spacial score (nSPS) is 12.3. The van der Waals surface area contributed by atoms with Gasteiger partial charge in [0.2, 0.25) is 5.41 Å². The number of benzene rings is 4. The summed E-state index contributed by atoms with van der Waals surface area (Å²) in [6.45, 7) is 1.65. The molecule has 0 heterocycles. The number of hydrogen-bond donors (Lipinski definition) is 2. The summed E-state index contributed by atoms with van der Waals surface area (Å²) < 4.78 is 54.8. The first kappa shape index (κ1) is 35.9. The van der Waals surface area contributed by atoms with E-state index in [9.17, 15) is 42.3 Å². The van der Waals surface area contributed by atoms with Gasteiger partial charge in [-0.05, 0) is 59.5 Å². The van der Waals surface area contributed by atoms with Gasteiger partial charge in [-0.25, -0.2) is 0 Å². The molecule has 0 saturated carbocycles. The lowest BCUT2D eigenvalue weighted by Gasteiger charge is -2.27. The highest BCUT2D eigenvalue weighted by atomic mass is 19.4. The molecule has 254 valence electrons. The number of anilines is 1. The second-order valence-corrected chi connectivity index (χ2v) is 10.6. The molecular formula is C36H30F3NO9. The molecule has 0 aromatic heterocycles. The van der Waals surface area contributed by atoms with Crippen molar-refractivity contribution in [3.8, 4) is 16.9 Å². The van der Waals surface area contributed by atoms with E-state index in [0.29, 0.717) is 11.1 Å². The molecule has 0 aliphatic heterocycles. The second-order valence-electron chi connectivity index (χ2n) is 10.6. The standard InChI is InChI=1S/C36H30F3NO9/c1-3-47-34(46)35(33(44)45,25-9-5-4-6-10-25)21-48-31(42)20-23-13-18-29(30(19-23)49-22(2)41)40-32(43)28-12-8-7-11-27(28)24-14-16-26(17-15-24)36(37,38)39/h4-19H,3,20-21H2,1-2H3,(H,40,43)(H,44,45). The molecule has 10 nitrogen and oxygen atoms in total. The van der Waals surface area contributed by atoms with Gasteiger partial charge in [0.1, 0.15) is 6.61 Å². The van der Waals surface area contributed by atoms with Gasteiger partial charge in [0.15, 0.2) is 5.75 Å². The summed E-state index contributed by atoms with van der Waals surface area (Å²) in [4.78, 5) is 63.5. The first-order valence-corrected chi connectivity index (χ1v) is 14.8. The lowest BCUT2D eigenvalue weighted by Crippen LogP contribution is -2.49. The second kappa shape index (κ2) is 15.3. The number of amides is 1. The average molecular weight is 678 g/mol. The van der Waals surface area contributed by atoms with Crippen molar-refractivity contribution in [3.05, 3.63) is 119 Å². The van der Waals surface area contributed by atoms with Gasteiger partial charge in [0, 0.05) is 12.5 Å². The third kappa shape index (κ3) is 8.49. The summed E-state index contributed by atoms with van der Waals surface area (Å²) in [5, 5.41) is 12.7. The van der Waals surface area contributed by atoms with E-state index in [4.69, 9.17) is 14.2 Å². The summed E-state index contributed by atoms with van der Waals surface area (Å²) in [5.74, 6) is -5.15. The fourth-order valence-corrected chi connectivity index (χ4v) is 4.90. The van der Waals surface area contributed by atoms with Crippen molar-refractivity contribution in [3.63, 3.8) is 0 Å². The molecule has 1 unspecified atom stereocenters. The number of carbonyl (C=O) groups excluding carboxylic acids is 4. The van der Waals surface area contributed by atoms with Crippen molar-refractivity contribution in [1.29, 1.82) is 0 Å². The first-order valence-electron chi connectivity index (χ1n) is 14.8. The third-order valence-corrected chi connectivity index (χ3v) is 7.30. The number of rotatable bonds is 12. The van der Waals surface area contributed by atoms with Crippen LogP contribution in [-0.4, -0.2) is 48.1 Å². The van der Waals surface area contributed by atoms with E-state index >= 15 is 0 Å². The van der Waals surface area contributed by atoms with Crippen LogP contribution in [0.3, 0.4) is 0 Å². The summed E-state index contributed by atoms with van der Waals surface area (Å²) in [5.41, 5.74) is -2.02. The van der Waals surface area contributed by atoms with E-state index in [1.165, 1.54) is 67.6 Å². The Morgan fingerprint density at radius 2 is 1.45 bits per heavy atom. The molecule has 4 aromatic carbocycles. The molecule has 49 heavy (non-hydrogen) atoms. The van der Waals surface area contributed by atoms with Crippen molar-refractivity contribution < 1.29 is 56.5 Å². The fourth-order valence-electron chi connectivity index (χ4n) is 4.90. The molecule has 1 atom stereocenters. The minimum absolute atomic E-state index is 0.0378. The SMILES string of the molecule is CCOC(=O)C(COC(=O)Cc1ccc(NC(=O)c2ccccc2-c2ccc(C(F)(F)F)cc2)c(OC(C)=O)c1)(C(=O)O)c1ccccc1. The first-order chi connectivity index (χ1) is 23.3. The van der Waals surface area contributed by atoms with E-state index < -0.39 is 60.0 Å². The van der Waals surface area contributed by atoms with Crippen molar-refractivity contribution in [1.82, 2.24) is 0 Å². The average Bonchev–Trinajstić information content (AvgIpc) is 3.06. The van der Waals surface area contributed by atoms with E-state index in [1.54, 1.807) is 24.3 Å². The Morgan fingerprint density at radius 3 is 2.06 bits per heavy atom. The van der Waals surface area contributed by atoms with Crippen molar-refractivity contribution in [2.75, 3.05) is 18.5 Å². The number of carboxylic acids is 1. The summed E-state index contributed by atoms with van der Waals surface area (Å²) in [6.07, 6.45) is -4.97. The highest BCUT2D eigenvalue weighted by Crippen LogP contribution is 2.33.